The van der Waals surface area contributed by atoms with Crippen molar-refractivity contribution in [3.63, 3.8) is 0 Å². The Hall–Kier alpha value is -1.60. The van der Waals surface area contributed by atoms with Gasteiger partial charge in [-0.2, -0.15) is 0 Å². The average Bonchev–Trinajstić information content (AvgIpc) is 2.77. The summed E-state index contributed by atoms with van der Waals surface area (Å²) in [4.78, 5) is 23.9. The quantitative estimate of drug-likeness (QED) is 0.829. The molecule has 0 spiro atoms. The second kappa shape index (κ2) is 6.44. The molecule has 0 aliphatic carbocycles. The first kappa shape index (κ1) is 15.8. The van der Waals surface area contributed by atoms with Crippen LogP contribution in [0.5, 0.6) is 5.75 Å². The molecule has 0 saturated carbocycles. The first-order valence-electron chi connectivity index (χ1n) is 6.23. The molecule has 112 valence electrons. The van der Waals surface area contributed by atoms with Crippen LogP contribution in [0.15, 0.2) is 16.6 Å². The van der Waals surface area contributed by atoms with Crippen molar-refractivity contribution in [2.75, 3.05) is 19.0 Å². The van der Waals surface area contributed by atoms with Crippen LogP contribution in [0.3, 0.4) is 0 Å². The zero-order valence-corrected chi connectivity index (χ0v) is 14.2. The molecular formula is C14H14BrNO4S. The summed E-state index contributed by atoms with van der Waals surface area (Å²) in [5.74, 6) is -0.0811. The van der Waals surface area contributed by atoms with E-state index in [0.29, 0.717) is 16.3 Å². The Morgan fingerprint density at radius 3 is 2.67 bits per heavy atom. The second-order valence-corrected chi connectivity index (χ2v) is 6.04. The lowest BCUT2D eigenvalue weighted by molar-refractivity contribution is -0.114. The van der Waals surface area contributed by atoms with Gasteiger partial charge in [0.25, 0.3) is 0 Å². The molecule has 0 aliphatic heterocycles. The molecule has 1 N–H and O–H groups in total. The van der Waals surface area contributed by atoms with Crippen LogP contribution in [-0.4, -0.2) is 25.6 Å². The molecule has 21 heavy (non-hydrogen) atoms. The zero-order valence-electron chi connectivity index (χ0n) is 11.8. The Bertz CT molecular complexity index is 711. The molecule has 1 amide bonds. The van der Waals surface area contributed by atoms with Crippen LogP contribution >= 0.6 is 27.3 Å². The number of methoxy groups -OCH3 is 1. The van der Waals surface area contributed by atoms with Crippen LogP contribution < -0.4 is 10.1 Å². The van der Waals surface area contributed by atoms with Gasteiger partial charge in [0.2, 0.25) is 5.91 Å². The van der Waals surface area contributed by atoms with Crippen LogP contribution in [0.1, 0.15) is 23.5 Å². The van der Waals surface area contributed by atoms with E-state index in [1.165, 1.54) is 18.3 Å². The monoisotopic (exact) mass is 371 g/mol. The van der Waals surface area contributed by atoms with E-state index in [4.69, 9.17) is 9.47 Å². The minimum Gasteiger partial charge on any atom is -0.494 e. The minimum absolute atomic E-state index is 0.248. The first-order valence-corrected chi connectivity index (χ1v) is 7.84. The van der Waals surface area contributed by atoms with Crippen molar-refractivity contribution >= 4 is 54.9 Å². The number of benzene rings is 1. The van der Waals surface area contributed by atoms with Crippen molar-refractivity contribution in [2.24, 2.45) is 0 Å². The van der Waals surface area contributed by atoms with E-state index in [0.717, 1.165) is 14.6 Å². The number of amides is 1. The van der Waals surface area contributed by atoms with Crippen LogP contribution in [0.4, 0.5) is 5.69 Å². The summed E-state index contributed by atoms with van der Waals surface area (Å²) in [6.45, 7) is 3.41. The summed E-state index contributed by atoms with van der Waals surface area (Å²) in [6, 6.07) is 3.64. The molecule has 0 fully saturated rings. The molecule has 0 unspecified atom stereocenters. The standard InChI is InChI=1S/C14H14BrNO4S/c1-4-20-14(18)13-10(16-7(2)17)8-5-6-9(15)11(19-3)12(8)21-13/h5-6H,4H2,1-3H3,(H,16,17). The van der Waals surface area contributed by atoms with Crippen LogP contribution in [0.2, 0.25) is 0 Å². The predicted octanol–water partition coefficient (Wildman–Crippen LogP) is 3.81. The molecule has 0 saturated heterocycles. The summed E-state index contributed by atoms with van der Waals surface area (Å²) >= 11 is 4.64. The molecule has 7 heteroatoms. The lowest BCUT2D eigenvalue weighted by Gasteiger charge is -2.06. The molecule has 1 heterocycles. The van der Waals surface area contributed by atoms with Gasteiger partial charge in [0.15, 0.2) is 5.75 Å². The Kier molecular flexibility index (Phi) is 4.84. The summed E-state index contributed by atoms with van der Waals surface area (Å²) < 4.78 is 12.0. The van der Waals surface area contributed by atoms with E-state index in [-0.39, 0.29) is 12.5 Å². The molecule has 2 rings (SSSR count). The smallest absolute Gasteiger partial charge is 0.350 e. The van der Waals surface area contributed by atoms with Gasteiger partial charge in [-0.3, -0.25) is 4.79 Å². The number of thiophene rings is 1. The molecule has 0 radical (unpaired) electrons. The van der Waals surface area contributed by atoms with Gasteiger partial charge < -0.3 is 14.8 Å². The Balaban J connectivity index is 2.71. The highest BCUT2D eigenvalue weighted by Gasteiger charge is 2.23. The summed E-state index contributed by atoms with van der Waals surface area (Å²) in [7, 11) is 1.56. The molecule has 5 nitrogen and oxygen atoms in total. The molecule has 1 aromatic carbocycles. The van der Waals surface area contributed by atoms with Gasteiger partial charge >= 0.3 is 5.97 Å². The van der Waals surface area contributed by atoms with E-state index in [1.807, 2.05) is 12.1 Å². The van der Waals surface area contributed by atoms with Gasteiger partial charge in [-0.1, -0.05) is 6.07 Å². The summed E-state index contributed by atoms with van der Waals surface area (Å²) in [6.07, 6.45) is 0. The molecular weight excluding hydrogens is 358 g/mol. The van der Waals surface area contributed by atoms with Gasteiger partial charge in [0, 0.05) is 12.3 Å². The number of hydrogen-bond acceptors (Lipinski definition) is 5. The van der Waals surface area contributed by atoms with Gasteiger partial charge in [-0.25, -0.2) is 4.79 Å². The van der Waals surface area contributed by atoms with Crippen molar-refractivity contribution in [1.82, 2.24) is 0 Å². The fraction of sp³-hybridized carbons (Fsp3) is 0.286. The van der Waals surface area contributed by atoms with Crippen molar-refractivity contribution in [3.05, 3.63) is 21.5 Å². The number of fused-ring (bicyclic) bond motifs is 1. The highest BCUT2D eigenvalue weighted by molar-refractivity contribution is 9.10. The normalized spacial score (nSPS) is 10.5. The number of nitrogens with one attached hydrogen (secondary N) is 1. The number of rotatable bonds is 4. The third kappa shape index (κ3) is 3.03. The number of esters is 1. The lowest BCUT2D eigenvalue weighted by Crippen LogP contribution is -2.10. The van der Waals surface area contributed by atoms with E-state index in [9.17, 15) is 9.59 Å². The number of anilines is 1. The largest absolute Gasteiger partial charge is 0.494 e. The van der Waals surface area contributed by atoms with Gasteiger partial charge in [0.1, 0.15) is 4.88 Å². The first-order chi connectivity index (χ1) is 9.99. The van der Waals surface area contributed by atoms with Crippen molar-refractivity contribution in [3.8, 4) is 5.75 Å². The molecule has 0 atom stereocenters. The number of carbonyl (C=O) groups is 2. The minimum atomic E-state index is -0.458. The van der Waals surface area contributed by atoms with E-state index in [1.54, 1.807) is 14.0 Å². The Labute approximate surface area is 134 Å². The van der Waals surface area contributed by atoms with Crippen LogP contribution in [0, 0.1) is 0 Å². The zero-order chi connectivity index (χ0) is 15.6. The third-order valence-electron chi connectivity index (χ3n) is 2.73. The molecule has 2 aromatic rings. The lowest BCUT2D eigenvalue weighted by atomic mass is 10.2. The molecule has 0 aliphatic rings. The fourth-order valence-corrected chi connectivity index (χ4v) is 3.74. The van der Waals surface area contributed by atoms with Crippen molar-refractivity contribution < 1.29 is 19.1 Å². The van der Waals surface area contributed by atoms with Crippen LogP contribution in [-0.2, 0) is 9.53 Å². The predicted molar refractivity (Wildman–Crippen MR) is 86.3 cm³/mol. The average molecular weight is 372 g/mol. The Morgan fingerprint density at radius 1 is 1.38 bits per heavy atom. The summed E-state index contributed by atoms with van der Waals surface area (Å²) in [5, 5.41) is 3.45. The fourth-order valence-electron chi connectivity index (χ4n) is 1.94. The SMILES string of the molecule is CCOC(=O)c1sc2c(OC)c(Br)ccc2c1NC(C)=O. The number of hydrogen-bond donors (Lipinski definition) is 1. The molecule has 1 aromatic heterocycles. The van der Waals surface area contributed by atoms with Gasteiger partial charge in [-0.15, -0.1) is 11.3 Å². The number of halogens is 1. The topological polar surface area (TPSA) is 64.6 Å². The van der Waals surface area contributed by atoms with Gasteiger partial charge in [-0.05, 0) is 28.9 Å². The second-order valence-electron chi connectivity index (χ2n) is 4.17. The van der Waals surface area contributed by atoms with E-state index >= 15 is 0 Å². The maximum absolute atomic E-state index is 12.1. The van der Waals surface area contributed by atoms with E-state index in [2.05, 4.69) is 21.2 Å². The van der Waals surface area contributed by atoms with Crippen molar-refractivity contribution in [1.29, 1.82) is 0 Å². The number of carbonyl (C=O) groups excluding carboxylic acids is 2. The Morgan fingerprint density at radius 2 is 2.10 bits per heavy atom. The third-order valence-corrected chi connectivity index (χ3v) is 4.54. The highest BCUT2D eigenvalue weighted by atomic mass is 79.9. The van der Waals surface area contributed by atoms with Crippen LogP contribution in [0.25, 0.3) is 10.1 Å². The maximum Gasteiger partial charge on any atom is 0.350 e. The van der Waals surface area contributed by atoms with Crippen molar-refractivity contribution in [2.45, 2.75) is 13.8 Å². The number of ether oxygens (including phenoxy) is 2. The highest BCUT2D eigenvalue weighted by Crippen LogP contribution is 2.44. The maximum atomic E-state index is 12.1. The molecule has 0 bridgehead atoms. The van der Waals surface area contributed by atoms with Gasteiger partial charge in [0.05, 0.1) is 28.6 Å². The van der Waals surface area contributed by atoms with E-state index < -0.39 is 5.97 Å². The summed E-state index contributed by atoms with van der Waals surface area (Å²) in [5.41, 5.74) is 0.465.